The zero-order valence-electron chi connectivity index (χ0n) is 14.9. The van der Waals surface area contributed by atoms with Crippen molar-refractivity contribution in [2.24, 2.45) is 7.05 Å². The number of carbonyl (C=O) groups is 1. The van der Waals surface area contributed by atoms with Crippen LogP contribution in [0.15, 0.2) is 36.5 Å². The molecule has 5 rings (SSSR count). The summed E-state index contributed by atoms with van der Waals surface area (Å²) < 4.78 is 2.81. The predicted octanol–water partition coefficient (Wildman–Crippen LogP) is 4.89. The third-order valence-corrected chi connectivity index (χ3v) is 7.11. The second-order valence-corrected chi connectivity index (χ2v) is 8.87. The molecule has 3 heterocycles. The number of aromatic nitrogens is 3. The normalized spacial score (nSPS) is 13.7. The monoisotopic (exact) mass is 394 g/mol. The van der Waals surface area contributed by atoms with Gasteiger partial charge in [0.1, 0.15) is 10.0 Å². The summed E-state index contributed by atoms with van der Waals surface area (Å²) in [6.45, 7) is 0. The van der Waals surface area contributed by atoms with E-state index in [1.807, 2.05) is 25.2 Å². The number of nitrogens with zero attached hydrogens (tertiary/aromatic N) is 3. The van der Waals surface area contributed by atoms with Crippen molar-refractivity contribution in [1.29, 1.82) is 0 Å². The molecule has 1 N–H and O–H groups in total. The second-order valence-electron chi connectivity index (χ2n) is 6.73. The molecule has 136 valence electrons. The van der Waals surface area contributed by atoms with Crippen molar-refractivity contribution in [3.63, 3.8) is 0 Å². The minimum Gasteiger partial charge on any atom is -0.312 e. The van der Waals surface area contributed by atoms with Gasteiger partial charge in [0.25, 0.3) is 5.91 Å². The Kier molecular flexibility index (Phi) is 4.06. The summed E-state index contributed by atoms with van der Waals surface area (Å²) in [6.07, 6.45) is 6.31. The molecule has 4 aromatic rings. The minimum absolute atomic E-state index is 0.170. The van der Waals surface area contributed by atoms with Gasteiger partial charge >= 0.3 is 0 Å². The summed E-state index contributed by atoms with van der Waals surface area (Å²) in [7, 11) is 1.81. The number of benzene rings is 1. The van der Waals surface area contributed by atoms with Crippen LogP contribution < -0.4 is 5.32 Å². The van der Waals surface area contributed by atoms with E-state index in [1.54, 1.807) is 39.6 Å². The van der Waals surface area contributed by atoms with Crippen molar-refractivity contribution in [2.45, 2.75) is 25.7 Å². The van der Waals surface area contributed by atoms with Crippen LogP contribution in [-0.2, 0) is 19.9 Å². The molecule has 5 nitrogen and oxygen atoms in total. The number of thiazole rings is 1. The van der Waals surface area contributed by atoms with E-state index in [0.717, 1.165) is 33.9 Å². The van der Waals surface area contributed by atoms with Crippen LogP contribution in [0.1, 0.15) is 33.8 Å². The molecular formula is C20H18N4OS2. The van der Waals surface area contributed by atoms with Gasteiger partial charge in [-0.1, -0.05) is 12.1 Å². The van der Waals surface area contributed by atoms with Crippen LogP contribution in [-0.4, -0.2) is 20.7 Å². The summed E-state index contributed by atoms with van der Waals surface area (Å²) in [5, 5.41) is 9.22. The van der Waals surface area contributed by atoms with Crippen molar-refractivity contribution < 1.29 is 4.79 Å². The second kappa shape index (κ2) is 6.58. The number of hydrogen-bond donors (Lipinski definition) is 1. The number of hydrogen-bond acceptors (Lipinski definition) is 5. The SMILES string of the molecule is Cn1ccc(C(=O)Nc2sc3c(c2-c2nc4ccccc4s2)CCCC3)n1. The van der Waals surface area contributed by atoms with Gasteiger partial charge in [-0.05, 0) is 49.4 Å². The first kappa shape index (κ1) is 16.6. The molecule has 0 radical (unpaired) electrons. The van der Waals surface area contributed by atoms with E-state index < -0.39 is 0 Å². The first-order valence-electron chi connectivity index (χ1n) is 9.00. The fourth-order valence-electron chi connectivity index (χ4n) is 3.56. The lowest BCUT2D eigenvalue weighted by atomic mass is 9.96. The topological polar surface area (TPSA) is 59.8 Å². The van der Waals surface area contributed by atoms with Gasteiger partial charge in [0.05, 0.1) is 10.2 Å². The number of nitrogens with one attached hydrogen (secondary N) is 1. The molecule has 1 aliphatic rings. The Labute approximate surface area is 164 Å². The average Bonchev–Trinajstić information content (AvgIpc) is 3.36. The highest BCUT2D eigenvalue weighted by Crippen LogP contribution is 2.46. The quantitative estimate of drug-likeness (QED) is 0.538. The van der Waals surface area contributed by atoms with Gasteiger partial charge < -0.3 is 5.32 Å². The fraction of sp³-hybridized carbons (Fsp3) is 0.250. The molecule has 1 aliphatic carbocycles. The largest absolute Gasteiger partial charge is 0.312 e. The molecule has 0 aliphatic heterocycles. The smallest absolute Gasteiger partial charge is 0.276 e. The van der Waals surface area contributed by atoms with Gasteiger partial charge in [0.2, 0.25) is 0 Å². The molecule has 0 spiro atoms. The molecule has 7 heteroatoms. The summed E-state index contributed by atoms with van der Waals surface area (Å²) in [5.41, 5.74) is 3.91. The Bertz CT molecular complexity index is 1120. The number of carbonyl (C=O) groups excluding carboxylic acids is 1. The summed E-state index contributed by atoms with van der Waals surface area (Å²) in [6, 6.07) is 9.93. The molecule has 0 unspecified atom stereocenters. The third kappa shape index (κ3) is 2.96. The highest BCUT2D eigenvalue weighted by molar-refractivity contribution is 7.22. The Hall–Kier alpha value is -2.51. The van der Waals surface area contributed by atoms with Crippen LogP contribution in [0.5, 0.6) is 0 Å². The van der Waals surface area contributed by atoms with Crippen LogP contribution in [0.4, 0.5) is 5.00 Å². The number of thiophene rings is 1. The van der Waals surface area contributed by atoms with Crippen molar-refractivity contribution in [3.05, 3.63) is 52.7 Å². The van der Waals surface area contributed by atoms with Gasteiger partial charge in [0.15, 0.2) is 5.69 Å². The maximum Gasteiger partial charge on any atom is 0.276 e. The first-order valence-corrected chi connectivity index (χ1v) is 10.6. The maximum absolute atomic E-state index is 12.7. The first-order chi connectivity index (χ1) is 13.2. The zero-order valence-corrected chi connectivity index (χ0v) is 16.5. The van der Waals surface area contributed by atoms with E-state index in [9.17, 15) is 4.79 Å². The lowest BCUT2D eigenvalue weighted by Crippen LogP contribution is -2.12. The van der Waals surface area contributed by atoms with Crippen molar-refractivity contribution in [1.82, 2.24) is 14.8 Å². The van der Waals surface area contributed by atoms with E-state index in [1.165, 1.54) is 28.0 Å². The highest BCUT2D eigenvalue weighted by atomic mass is 32.1. The van der Waals surface area contributed by atoms with E-state index in [4.69, 9.17) is 4.98 Å². The summed E-state index contributed by atoms with van der Waals surface area (Å²) in [5.74, 6) is -0.170. The standard InChI is InChI=1S/C20H18N4OS2/c1-24-11-10-14(23-24)18(25)22-20-17(12-6-2-4-8-15(12)26-20)19-21-13-7-3-5-9-16(13)27-19/h3,5,7,9-11H,2,4,6,8H2,1H3,(H,22,25). The number of fused-ring (bicyclic) bond motifs is 2. The van der Waals surface area contributed by atoms with Crippen LogP contribution >= 0.6 is 22.7 Å². The average molecular weight is 395 g/mol. The highest BCUT2D eigenvalue weighted by Gasteiger charge is 2.25. The van der Waals surface area contributed by atoms with Gasteiger partial charge in [-0.15, -0.1) is 22.7 Å². The maximum atomic E-state index is 12.7. The van der Waals surface area contributed by atoms with E-state index in [0.29, 0.717) is 5.69 Å². The lowest BCUT2D eigenvalue weighted by molar-refractivity contribution is 0.102. The molecule has 3 aromatic heterocycles. The molecule has 0 atom stereocenters. The molecule has 0 saturated heterocycles. The Morgan fingerprint density at radius 1 is 1.15 bits per heavy atom. The molecule has 1 aromatic carbocycles. The molecule has 27 heavy (non-hydrogen) atoms. The fourth-order valence-corrected chi connectivity index (χ4v) is 5.96. The van der Waals surface area contributed by atoms with Gasteiger partial charge in [-0.3, -0.25) is 9.48 Å². The van der Waals surface area contributed by atoms with E-state index in [2.05, 4.69) is 16.5 Å². The van der Waals surface area contributed by atoms with E-state index in [-0.39, 0.29) is 5.91 Å². The zero-order chi connectivity index (χ0) is 18.4. The number of para-hydroxylation sites is 1. The predicted molar refractivity (Wildman–Crippen MR) is 111 cm³/mol. The van der Waals surface area contributed by atoms with Crippen LogP contribution in [0.3, 0.4) is 0 Å². The Morgan fingerprint density at radius 2 is 2.00 bits per heavy atom. The van der Waals surface area contributed by atoms with Crippen LogP contribution in [0.2, 0.25) is 0 Å². The van der Waals surface area contributed by atoms with Crippen molar-refractivity contribution in [3.8, 4) is 10.6 Å². The summed E-state index contributed by atoms with van der Waals surface area (Å²) in [4.78, 5) is 18.9. The molecule has 0 bridgehead atoms. The number of anilines is 1. The number of amides is 1. The van der Waals surface area contributed by atoms with Gasteiger partial charge in [0, 0.05) is 23.7 Å². The number of aryl methyl sites for hydroxylation is 2. The van der Waals surface area contributed by atoms with Crippen molar-refractivity contribution in [2.75, 3.05) is 5.32 Å². The summed E-state index contributed by atoms with van der Waals surface area (Å²) >= 11 is 3.39. The van der Waals surface area contributed by atoms with Crippen LogP contribution in [0, 0.1) is 0 Å². The Morgan fingerprint density at radius 3 is 2.81 bits per heavy atom. The molecule has 0 saturated carbocycles. The van der Waals surface area contributed by atoms with Gasteiger partial charge in [-0.2, -0.15) is 5.10 Å². The minimum atomic E-state index is -0.170. The van der Waals surface area contributed by atoms with Crippen molar-refractivity contribution >= 4 is 43.8 Å². The number of rotatable bonds is 3. The molecular weight excluding hydrogens is 376 g/mol. The molecule has 0 fully saturated rings. The molecule has 1 amide bonds. The van der Waals surface area contributed by atoms with Crippen LogP contribution in [0.25, 0.3) is 20.8 Å². The Balaban J connectivity index is 1.60. The van der Waals surface area contributed by atoms with E-state index >= 15 is 0 Å². The van der Waals surface area contributed by atoms with Gasteiger partial charge in [-0.25, -0.2) is 4.98 Å². The lowest BCUT2D eigenvalue weighted by Gasteiger charge is -2.11. The third-order valence-electron chi connectivity index (χ3n) is 4.85.